The average molecular weight is 542 g/mol. The van der Waals surface area contributed by atoms with Crippen LogP contribution in [-0.2, 0) is 22.7 Å². The van der Waals surface area contributed by atoms with E-state index >= 15 is 0 Å². The van der Waals surface area contributed by atoms with Crippen molar-refractivity contribution in [1.29, 1.82) is 0 Å². The topological polar surface area (TPSA) is 98.6 Å². The van der Waals surface area contributed by atoms with Gasteiger partial charge >= 0.3 is 0 Å². The molecule has 9 heteroatoms. The molecule has 40 heavy (non-hydrogen) atoms. The highest BCUT2D eigenvalue weighted by atomic mass is 16.5. The minimum Gasteiger partial charge on any atom is -0.497 e. The number of carbonyl (C=O) groups is 2. The van der Waals surface area contributed by atoms with Crippen molar-refractivity contribution in [2.24, 2.45) is 0 Å². The van der Waals surface area contributed by atoms with Crippen molar-refractivity contribution in [3.8, 4) is 11.5 Å². The van der Waals surface area contributed by atoms with Crippen molar-refractivity contribution in [3.05, 3.63) is 83.9 Å². The van der Waals surface area contributed by atoms with Crippen LogP contribution in [0.25, 0.3) is 11.0 Å². The molecule has 1 aromatic heterocycles. The van der Waals surface area contributed by atoms with Crippen LogP contribution in [0.5, 0.6) is 11.5 Å². The summed E-state index contributed by atoms with van der Waals surface area (Å²) in [4.78, 5) is 29.8. The molecule has 9 nitrogen and oxygen atoms in total. The Morgan fingerprint density at radius 1 is 0.950 bits per heavy atom. The number of nitrogens with one attached hydrogen (secondary N) is 1. The Kier molecular flexibility index (Phi) is 8.59. The third-order valence-electron chi connectivity index (χ3n) is 7.46. The van der Waals surface area contributed by atoms with Gasteiger partial charge in [-0.2, -0.15) is 0 Å². The number of amides is 2. The summed E-state index contributed by atoms with van der Waals surface area (Å²) in [6.45, 7) is 0.156. The zero-order chi connectivity index (χ0) is 27.9. The largest absolute Gasteiger partial charge is 0.497 e. The molecule has 1 heterocycles. The standard InChI is InChI=1S/C31H35N5O4/c1-39-25-17-15-22(16-18-25)20-35(29(37)21-36-28-14-7-6-13-27(28)33-34-36)30(23-9-8-12-26(19-23)40-2)31(38)32-24-10-4-3-5-11-24/h6-9,12-19,24,30H,3-5,10-11,20-21H2,1-2H3,(H,32,38)/t30-/m0/s1. The van der Waals surface area contributed by atoms with E-state index in [1.54, 1.807) is 23.8 Å². The number of ether oxygens (including phenoxy) is 2. The quantitative estimate of drug-likeness (QED) is 0.313. The van der Waals surface area contributed by atoms with Crippen LogP contribution >= 0.6 is 0 Å². The molecule has 1 N–H and O–H groups in total. The second-order valence-corrected chi connectivity index (χ2v) is 10.1. The molecule has 1 fully saturated rings. The Labute approximate surface area is 234 Å². The lowest BCUT2D eigenvalue weighted by Crippen LogP contribution is -2.47. The van der Waals surface area contributed by atoms with E-state index < -0.39 is 6.04 Å². The monoisotopic (exact) mass is 541 g/mol. The lowest BCUT2D eigenvalue weighted by Gasteiger charge is -2.33. The molecule has 4 aromatic rings. The summed E-state index contributed by atoms with van der Waals surface area (Å²) in [6, 6.07) is 21.6. The number of rotatable bonds is 10. The molecule has 0 saturated heterocycles. The summed E-state index contributed by atoms with van der Waals surface area (Å²) >= 11 is 0. The van der Waals surface area contributed by atoms with Crippen LogP contribution in [0.4, 0.5) is 0 Å². The number of nitrogens with zero attached hydrogens (tertiary/aromatic N) is 4. The van der Waals surface area contributed by atoms with Gasteiger partial charge in [-0.25, -0.2) is 4.68 Å². The molecule has 208 valence electrons. The van der Waals surface area contributed by atoms with E-state index in [-0.39, 0.29) is 30.9 Å². The fourth-order valence-corrected chi connectivity index (χ4v) is 5.32. The Morgan fingerprint density at radius 2 is 1.70 bits per heavy atom. The fraction of sp³-hybridized carbons (Fsp3) is 0.355. The van der Waals surface area contributed by atoms with Crippen molar-refractivity contribution in [1.82, 2.24) is 25.2 Å². The summed E-state index contributed by atoms with van der Waals surface area (Å²) in [5.74, 6) is 0.880. The van der Waals surface area contributed by atoms with Crippen molar-refractivity contribution >= 4 is 22.8 Å². The molecule has 5 rings (SSSR count). The summed E-state index contributed by atoms with van der Waals surface area (Å²) in [5, 5.41) is 11.7. The maximum Gasteiger partial charge on any atom is 0.247 e. The van der Waals surface area contributed by atoms with Crippen molar-refractivity contribution in [3.63, 3.8) is 0 Å². The number of hydrogen-bond acceptors (Lipinski definition) is 6. The molecule has 0 bridgehead atoms. The summed E-state index contributed by atoms with van der Waals surface area (Å²) in [7, 11) is 3.20. The zero-order valence-electron chi connectivity index (χ0n) is 23.0. The number of aromatic nitrogens is 3. The van der Waals surface area contributed by atoms with Crippen LogP contribution in [0.2, 0.25) is 0 Å². The molecule has 1 aliphatic rings. The van der Waals surface area contributed by atoms with Gasteiger partial charge in [-0.15, -0.1) is 5.10 Å². The number of fused-ring (bicyclic) bond motifs is 1. The maximum atomic E-state index is 14.1. The van der Waals surface area contributed by atoms with Gasteiger partial charge < -0.3 is 19.7 Å². The Bertz CT molecular complexity index is 1450. The Hall–Kier alpha value is -4.40. The molecular formula is C31H35N5O4. The first-order valence-electron chi connectivity index (χ1n) is 13.7. The van der Waals surface area contributed by atoms with Gasteiger partial charge in [0.15, 0.2) is 0 Å². The van der Waals surface area contributed by atoms with Crippen LogP contribution in [0.3, 0.4) is 0 Å². The molecule has 0 spiro atoms. The molecule has 1 aliphatic carbocycles. The van der Waals surface area contributed by atoms with Gasteiger partial charge in [0.25, 0.3) is 0 Å². The van der Waals surface area contributed by atoms with Gasteiger partial charge in [-0.3, -0.25) is 9.59 Å². The molecule has 0 unspecified atom stereocenters. The number of carbonyl (C=O) groups excluding carboxylic acids is 2. The third kappa shape index (κ3) is 6.25. The van der Waals surface area contributed by atoms with Gasteiger partial charge in [0.2, 0.25) is 11.8 Å². The first-order valence-corrected chi connectivity index (χ1v) is 13.7. The summed E-state index contributed by atoms with van der Waals surface area (Å²) < 4.78 is 12.4. The van der Waals surface area contributed by atoms with Gasteiger partial charge in [0, 0.05) is 12.6 Å². The van der Waals surface area contributed by atoms with Crippen molar-refractivity contribution in [2.75, 3.05) is 14.2 Å². The van der Waals surface area contributed by atoms with E-state index in [9.17, 15) is 9.59 Å². The molecule has 2 amide bonds. The second kappa shape index (κ2) is 12.6. The highest BCUT2D eigenvalue weighted by Crippen LogP contribution is 2.29. The van der Waals surface area contributed by atoms with Gasteiger partial charge in [0.1, 0.15) is 29.6 Å². The highest BCUT2D eigenvalue weighted by molar-refractivity contribution is 5.89. The van der Waals surface area contributed by atoms with Crippen LogP contribution in [0.15, 0.2) is 72.8 Å². The second-order valence-electron chi connectivity index (χ2n) is 10.1. The van der Waals surface area contributed by atoms with Crippen LogP contribution in [0, 0.1) is 0 Å². The van der Waals surface area contributed by atoms with Crippen molar-refractivity contribution < 1.29 is 19.1 Å². The van der Waals surface area contributed by atoms with Gasteiger partial charge in [0.05, 0.1) is 19.7 Å². The van der Waals surface area contributed by atoms with Crippen LogP contribution in [-0.4, -0.2) is 52.0 Å². The van der Waals surface area contributed by atoms with Gasteiger partial charge in [-0.1, -0.05) is 60.9 Å². The predicted octanol–water partition coefficient (Wildman–Crippen LogP) is 4.67. The van der Waals surface area contributed by atoms with Crippen LogP contribution < -0.4 is 14.8 Å². The first kappa shape index (κ1) is 27.2. The van der Waals surface area contributed by atoms with Gasteiger partial charge in [-0.05, 0) is 60.4 Å². The molecule has 1 saturated carbocycles. The minimum absolute atomic E-state index is 0.0617. The molecule has 0 radical (unpaired) electrons. The molecule has 0 aliphatic heterocycles. The third-order valence-corrected chi connectivity index (χ3v) is 7.46. The van der Waals surface area contributed by atoms with Crippen molar-refractivity contribution in [2.45, 2.75) is 57.3 Å². The number of benzene rings is 3. The van der Waals surface area contributed by atoms with E-state index in [2.05, 4.69) is 15.6 Å². The number of methoxy groups -OCH3 is 2. The van der Waals surface area contributed by atoms with E-state index in [0.717, 1.165) is 42.5 Å². The van der Waals surface area contributed by atoms with E-state index in [4.69, 9.17) is 9.47 Å². The Morgan fingerprint density at radius 3 is 2.45 bits per heavy atom. The first-order chi connectivity index (χ1) is 19.6. The smallest absolute Gasteiger partial charge is 0.247 e. The lowest BCUT2D eigenvalue weighted by molar-refractivity contribution is -0.142. The highest BCUT2D eigenvalue weighted by Gasteiger charge is 2.33. The normalized spacial score (nSPS) is 14.4. The SMILES string of the molecule is COc1ccc(CN(C(=O)Cn2nnc3ccccc32)[C@H](C(=O)NC2CCCCC2)c2cccc(OC)c2)cc1. The van der Waals surface area contributed by atoms with E-state index in [1.807, 2.05) is 72.8 Å². The minimum atomic E-state index is -0.874. The fourth-order valence-electron chi connectivity index (χ4n) is 5.32. The summed E-state index contributed by atoms with van der Waals surface area (Å²) in [6.07, 6.45) is 5.23. The van der Waals surface area contributed by atoms with E-state index in [1.165, 1.54) is 6.42 Å². The number of hydrogen-bond donors (Lipinski definition) is 1. The molecule has 3 aromatic carbocycles. The predicted molar refractivity (Wildman–Crippen MR) is 152 cm³/mol. The Balaban J connectivity index is 1.53. The van der Waals surface area contributed by atoms with E-state index in [0.29, 0.717) is 16.8 Å². The average Bonchev–Trinajstić information content (AvgIpc) is 3.40. The van der Waals surface area contributed by atoms with Crippen LogP contribution in [0.1, 0.15) is 49.3 Å². The summed E-state index contributed by atoms with van der Waals surface area (Å²) in [5.41, 5.74) is 3.01. The number of para-hydroxylation sites is 1. The lowest BCUT2D eigenvalue weighted by atomic mass is 9.94. The maximum absolute atomic E-state index is 14.1. The molecular weight excluding hydrogens is 506 g/mol. The zero-order valence-corrected chi connectivity index (χ0v) is 23.0. The molecule has 1 atom stereocenters.